The largest absolute Gasteiger partial charge is 0.486 e. The van der Waals surface area contributed by atoms with Crippen molar-refractivity contribution in [3.05, 3.63) is 84.4 Å². The van der Waals surface area contributed by atoms with Crippen LogP contribution in [0.5, 0.6) is 23.0 Å². The Bertz CT molecular complexity index is 1100. The average Bonchev–Trinajstić information content (AvgIpc) is 2.90. The van der Waals surface area contributed by atoms with Crippen LogP contribution < -0.4 is 14.2 Å². The standard InChI is InChI=1S/C29H34NO6/c31-24(20-33-21-27-22-34-28-11-4-5-12-29(28)36-27)19-30(13-15-32-16-14-30)18-23-7-6-10-26(17-23)35-25-8-2-1-3-9-25/h1-12,17,24,27,31H,13-16,18-22H2/q+1. The summed E-state index contributed by atoms with van der Waals surface area (Å²) >= 11 is 0. The number of fused-ring (bicyclic) bond motifs is 1. The lowest BCUT2D eigenvalue weighted by Gasteiger charge is -2.42. The van der Waals surface area contributed by atoms with Crippen molar-refractivity contribution in [1.82, 2.24) is 0 Å². The molecule has 2 unspecified atom stereocenters. The van der Waals surface area contributed by atoms with Gasteiger partial charge in [0.2, 0.25) is 0 Å². The van der Waals surface area contributed by atoms with E-state index in [1.165, 1.54) is 5.56 Å². The maximum Gasteiger partial charge on any atom is 0.161 e. The highest BCUT2D eigenvalue weighted by molar-refractivity contribution is 5.40. The van der Waals surface area contributed by atoms with Crippen LogP contribution in [-0.2, 0) is 16.0 Å². The molecule has 0 aliphatic carbocycles. The number of nitrogens with zero attached hydrogens (tertiary/aromatic N) is 1. The molecule has 0 bridgehead atoms. The van der Waals surface area contributed by atoms with Gasteiger partial charge in [-0.25, -0.2) is 0 Å². The van der Waals surface area contributed by atoms with Gasteiger partial charge in [-0.2, -0.15) is 0 Å². The van der Waals surface area contributed by atoms with E-state index in [-0.39, 0.29) is 12.7 Å². The third-order valence-corrected chi connectivity index (χ3v) is 6.59. The lowest BCUT2D eigenvalue weighted by atomic mass is 10.1. The van der Waals surface area contributed by atoms with E-state index in [2.05, 4.69) is 12.1 Å². The molecule has 2 aliphatic rings. The third-order valence-electron chi connectivity index (χ3n) is 6.59. The van der Waals surface area contributed by atoms with Crippen molar-refractivity contribution in [2.24, 2.45) is 0 Å². The van der Waals surface area contributed by atoms with Crippen molar-refractivity contribution < 1.29 is 33.3 Å². The molecule has 5 rings (SSSR count). The maximum atomic E-state index is 10.9. The highest BCUT2D eigenvalue weighted by atomic mass is 16.6. The van der Waals surface area contributed by atoms with Gasteiger partial charge in [0.05, 0.1) is 26.4 Å². The van der Waals surface area contributed by atoms with Crippen LogP contribution in [0.15, 0.2) is 78.9 Å². The molecule has 0 saturated carbocycles. The van der Waals surface area contributed by atoms with E-state index in [0.29, 0.717) is 33.0 Å². The Morgan fingerprint density at radius 1 is 0.889 bits per heavy atom. The molecule has 2 atom stereocenters. The average molecular weight is 493 g/mol. The van der Waals surface area contributed by atoms with Crippen LogP contribution in [0.2, 0.25) is 0 Å². The lowest BCUT2D eigenvalue weighted by Crippen LogP contribution is -2.58. The second-order valence-corrected chi connectivity index (χ2v) is 9.49. The number of quaternary nitrogens is 1. The Kier molecular flexibility index (Phi) is 8.03. The third kappa shape index (κ3) is 6.56. The predicted octanol–water partition coefficient (Wildman–Crippen LogP) is 4.04. The summed E-state index contributed by atoms with van der Waals surface area (Å²) in [5, 5.41) is 10.9. The minimum absolute atomic E-state index is 0.189. The van der Waals surface area contributed by atoms with Crippen LogP contribution in [0.4, 0.5) is 0 Å². The fourth-order valence-corrected chi connectivity index (χ4v) is 4.84. The Balaban J connectivity index is 1.16. The van der Waals surface area contributed by atoms with Gasteiger partial charge in [0.15, 0.2) is 17.6 Å². The molecule has 0 amide bonds. The summed E-state index contributed by atoms with van der Waals surface area (Å²) in [6, 6.07) is 25.6. The van der Waals surface area contributed by atoms with E-state index in [4.69, 9.17) is 23.7 Å². The number of hydrogen-bond acceptors (Lipinski definition) is 6. The lowest BCUT2D eigenvalue weighted by molar-refractivity contribution is -0.950. The van der Waals surface area contributed by atoms with Crippen molar-refractivity contribution in [2.75, 3.05) is 52.7 Å². The number of hydrogen-bond donors (Lipinski definition) is 1. The first-order valence-corrected chi connectivity index (χ1v) is 12.6. The molecule has 7 heteroatoms. The molecule has 1 N–H and O–H groups in total. The molecular formula is C29H34NO6+. The van der Waals surface area contributed by atoms with Gasteiger partial charge in [0, 0.05) is 5.56 Å². The Hall–Kier alpha value is -3.10. The van der Waals surface area contributed by atoms with Crippen LogP contribution in [0.3, 0.4) is 0 Å². The van der Waals surface area contributed by atoms with E-state index in [1.54, 1.807) is 0 Å². The first-order valence-electron chi connectivity index (χ1n) is 12.6. The number of aliphatic hydroxyl groups is 1. The number of benzene rings is 3. The molecule has 190 valence electrons. The molecule has 2 aliphatic heterocycles. The van der Waals surface area contributed by atoms with Gasteiger partial charge in [0.1, 0.15) is 50.4 Å². The summed E-state index contributed by atoms with van der Waals surface area (Å²) in [5.41, 5.74) is 1.17. The van der Waals surface area contributed by atoms with Crippen molar-refractivity contribution in [1.29, 1.82) is 0 Å². The quantitative estimate of drug-likeness (QED) is 0.431. The maximum absolute atomic E-state index is 10.9. The van der Waals surface area contributed by atoms with Gasteiger partial charge in [-0.15, -0.1) is 0 Å². The number of rotatable bonds is 10. The van der Waals surface area contributed by atoms with Crippen LogP contribution in [0.1, 0.15) is 5.56 Å². The second kappa shape index (κ2) is 11.8. The molecule has 3 aromatic rings. The van der Waals surface area contributed by atoms with E-state index in [0.717, 1.165) is 47.1 Å². The molecule has 0 aromatic heterocycles. The van der Waals surface area contributed by atoms with Crippen molar-refractivity contribution in [3.8, 4) is 23.0 Å². The minimum atomic E-state index is -0.594. The van der Waals surface area contributed by atoms with E-state index in [9.17, 15) is 5.11 Å². The molecule has 0 spiro atoms. The summed E-state index contributed by atoms with van der Waals surface area (Å²) in [4.78, 5) is 0. The Morgan fingerprint density at radius 3 is 2.47 bits per heavy atom. The second-order valence-electron chi connectivity index (χ2n) is 9.49. The zero-order valence-corrected chi connectivity index (χ0v) is 20.5. The molecule has 0 radical (unpaired) electrons. The van der Waals surface area contributed by atoms with Crippen molar-refractivity contribution >= 4 is 0 Å². The van der Waals surface area contributed by atoms with Gasteiger partial charge in [-0.05, 0) is 36.4 Å². The monoisotopic (exact) mass is 492 g/mol. The van der Waals surface area contributed by atoms with Crippen LogP contribution in [0.25, 0.3) is 0 Å². The van der Waals surface area contributed by atoms with Gasteiger partial charge in [-0.1, -0.05) is 42.5 Å². The van der Waals surface area contributed by atoms with Gasteiger partial charge < -0.3 is 33.3 Å². The highest BCUT2D eigenvalue weighted by Gasteiger charge is 2.33. The van der Waals surface area contributed by atoms with E-state index in [1.807, 2.05) is 66.7 Å². The number of para-hydroxylation sites is 3. The molecule has 7 nitrogen and oxygen atoms in total. The minimum Gasteiger partial charge on any atom is -0.486 e. The van der Waals surface area contributed by atoms with Crippen molar-refractivity contribution in [2.45, 2.75) is 18.8 Å². The number of morpholine rings is 1. The fraction of sp³-hybridized carbons (Fsp3) is 0.379. The van der Waals surface area contributed by atoms with Crippen molar-refractivity contribution in [3.63, 3.8) is 0 Å². The summed E-state index contributed by atoms with van der Waals surface area (Å²) in [6.07, 6.45) is -0.783. The highest BCUT2D eigenvalue weighted by Crippen LogP contribution is 2.31. The molecule has 1 fully saturated rings. The van der Waals surface area contributed by atoms with Crippen LogP contribution in [0, 0.1) is 0 Å². The van der Waals surface area contributed by atoms with Crippen LogP contribution >= 0.6 is 0 Å². The summed E-state index contributed by atoms with van der Waals surface area (Å²) in [7, 11) is 0. The first kappa shape index (κ1) is 24.6. The number of aliphatic hydroxyl groups excluding tert-OH is 1. The normalized spacial score (nSPS) is 19.4. The molecule has 2 heterocycles. The summed E-state index contributed by atoms with van der Waals surface area (Å²) < 4.78 is 30.0. The molecule has 1 saturated heterocycles. The van der Waals surface area contributed by atoms with Gasteiger partial charge in [-0.3, -0.25) is 0 Å². The fourth-order valence-electron chi connectivity index (χ4n) is 4.84. The summed E-state index contributed by atoms with van der Waals surface area (Å²) in [5.74, 6) is 3.11. The summed E-state index contributed by atoms with van der Waals surface area (Å²) in [6.45, 7) is 5.49. The zero-order chi connectivity index (χ0) is 24.6. The molecule has 3 aromatic carbocycles. The Morgan fingerprint density at radius 2 is 1.64 bits per heavy atom. The topological polar surface area (TPSA) is 66.4 Å². The molecule has 36 heavy (non-hydrogen) atoms. The first-order chi connectivity index (χ1) is 17.7. The van der Waals surface area contributed by atoms with E-state index < -0.39 is 6.10 Å². The molecular weight excluding hydrogens is 458 g/mol. The Labute approximate surface area is 212 Å². The zero-order valence-electron chi connectivity index (χ0n) is 20.5. The number of ether oxygens (including phenoxy) is 5. The SMILES string of the molecule is OC(COCC1COc2ccccc2O1)C[N+]1(Cc2cccc(Oc3ccccc3)c2)CCOCC1. The van der Waals surface area contributed by atoms with E-state index >= 15 is 0 Å². The van der Waals surface area contributed by atoms with Gasteiger partial charge >= 0.3 is 0 Å². The smallest absolute Gasteiger partial charge is 0.161 e. The predicted molar refractivity (Wildman–Crippen MR) is 136 cm³/mol. The van der Waals surface area contributed by atoms with Crippen LogP contribution in [-0.4, -0.2) is 74.5 Å². The van der Waals surface area contributed by atoms with Gasteiger partial charge in [0.25, 0.3) is 0 Å².